The van der Waals surface area contributed by atoms with Gasteiger partial charge in [-0.05, 0) is 18.4 Å². The Morgan fingerprint density at radius 2 is 1.75 bits per heavy atom. The number of piperazine rings is 1. The molecule has 1 aliphatic rings. The highest BCUT2D eigenvalue weighted by Crippen LogP contribution is 2.19. The van der Waals surface area contributed by atoms with Crippen LogP contribution in [0, 0.1) is 5.41 Å². The van der Waals surface area contributed by atoms with Crippen LogP contribution in [0.5, 0.6) is 0 Å². The van der Waals surface area contributed by atoms with E-state index in [0.717, 1.165) is 50.9 Å². The predicted molar refractivity (Wildman–Crippen MR) is 79.5 cm³/mol. The highest BCUT2D eigenvalue weighted by molar-refractivity contribution is 4.86. The molecule has 0 saturated carbocycles. The van der Waals surface area contributed by atoms with Gasteiger partial charge in [0.05, 0.1) is 6.54 Å². The third-order valence-electron chi connectivity index (χ3n) is 3.83. The lowest BCUT2D eigenvalue weighted by molar-refractivity contribution is 0.108. The fraction of sp³-hybridized carbons (Fsp3) is 0.867. The van der Waals surface area contributed by atoms with E-state index in [0.29, 0.717) is 5.41 Å². The van der Waals surface area contributed by atoms with Gasteiger partial charge in [-0.2, -0.15) is 4.98 Å². The Morgan fingerprint density at radius 3 is 2.30 bits per heavy atom. The molecule has 0 N–H and O–H groups in total. The van der Waals surface area contributed by atoms with Crippen molar-refractivity contribution in [2.24, 2.45) is 5.41 Å². The molecule has 1 aliphatic heterocycles. The van der Waals surface area contributed by atoms with Gasteiger partial charge in [0.15, 0.2) is 5.82 Å². The maximum absolute atomic E-state index is 5.26. The Kier molecular flexibility index (Phi) is 5.16. The van der Waals surface area contributed by atoms with Crippen LogP contribution in [-0.2, 0) is 13.0 Å². The van der Waals surface area contributed by atoms with Crippen molar-refractivity contribution in [1.82, 2.24) is 19.9 Å². The maximum atomic E-state index is 5.26. The van der Waals surface area contributed by atoms with Gasteiger partial charge in [-0.3, -0.25) is 4.90 Å². The smallest absolute Gasteiger partial charge is 0.240 e. The van der Waals surface area contributed by atoms with E-state index in [1.54, 1.807) is 0 Å². The summed E-state index contributed by atoms with van der Waals surface area (Å²) in [5.41, 5.74) is 0.428. The van der Waals surface area contributed by atoms with Crippen LogP contribution in [0.2, 0.25) is 0 Å². The van der Waals surface area contributed by atoms with Gasteiger partial charge >= 0.3 is 0 Å². The summed E-state index contributed by atoms with van der Waals surface area (Å²) >= 11 is 0. The van der Waals surface area contributed by atoms with Gasteiger partial charge in [-0.1, -0.05) is 32.9 Å². The second kappa shape index (κ2) is 6.68. The Bertz CT molecular complexity index is 402. The van der Waals surface area contributed by atoms with Crippen molar-refractivity contribution in [2.75, 3.05) is 32.7 Å². The van der Waals surface area contributed by atoms with Crippen LogP contribution in [0.4, 0.5) is 0 Å². The lowest BCUT2D eigenvalue weighted by Gasteiger charge is -2.35. The summed E-state index contributed by atoms with van der Waals surface area (Å²) in [6.07, 6.45) is 2.10. The molecule has 1 aromatic rings. The van der Waals surface area contributed by atoms with Crippen molar-refractivity contribution in [2.45, 2.75) is 47.1 Å². The first-order valence-electron chi connectivity index (χ1n) is 7.72. The van der Waals surface area contributed by atoms with Crippen LogP contribution >= 0.6 is 0 Å². The first-order chi connectivity index (χ1) is 9.46. The molecule has 1 saturated heterocycles. The summed E-state index contributed by atoms with van der Waals surface area (Å²) < 4.78 is 5.26. The van der Waals surface area contributed by atoms with Crippen molar-refractivity contribution in [3.05, 3.63) is 11.7 Å². The number of hydrogen-bond donors (Lipinski definition) is 0. The zero-order valence-electron chi connectivity index (χ0n) is 13.4. The van der Waals surface area contributed by atoms with Gasteiger partial charge in [-0.25, -0.2) is 0 Å². The monoisotopic (exact) mass is 280 g/mol. The summed E-state index contributed by atoms with van der Waals surface area (Å²) in [6.45, 7) is 15.4. The molecule has 0 atom stereocenters. The van der Waals surface area contributed by atoms with Crippen LogP contribution in [0.3, 0.4) is 0 Å². The number of rotatable bonds is 5. The number of hydrogen-bond acceptors (Lipinski definition) is 5. The van der Waals surface area contributed by atoms with Crippen molar-refractivity contribution in [3.8, 4) is 0 Å². The Labute approximate surface area is 122 Å². The van der Waals surface area contributed by atoms with E-state index in [4.69, 9.17) is 4.52 Å². The first kappa shape index (κ1) is 15.4. The van der Waals surface area contributed by atoms with E-state index in [2.05, 4.69) is 40.7 Å². The van der Waals surface area contributed by atoms with Gasteiger partial charge in [0, 0.05) is 32.6 Å². The predicted octanol–water partition coefficient (Wildman–Crippen LogP) is 2.19. The maximum Gasteiger partial charge on any atom is 0.240 e. The topological polar surface area (TPSA) is 45.4 Å². The van der Waals surface area contributed by atoms with Gasteiger partial charge in [0.2, 0.25) is 5.89 Å². The molecule has 0 bridgehead atoms. The van der Waals surface area contributed by atoms with Crippen molar-refractivity contribution < 1.29 is 4.52 Å². The normalized spacial score (nSPS) is 18.6. The first-order valence-corrected chi connectivity index (χ1v) is 7.72. The second-order valence-electron chi connectivity index (χ2n) is 6.89. The highest BCUT2D eigenvalue weighted by atomic mass is 16.5. The summed E-state index contributed by atoms with van der Waals surface area (Å²) in [5.74, 6) is 1.56. The minimum absolute atomic E-state index is 0.428. The van der Waals surface area contributed by atoms with Gasteiger partial charge in [0.1, 0.15) is 0 Å². The second-order valence-corrected chi connectivity index (χ2v) is 6.89. The average molecular weight is 280 g/mol. The van der Waals surface area contributed by atoms with Crippen molar-refractivity contribution >= 4 is 0 Å². The third kappa shape index (κ3) is 4.87. The van der Waals surface area contributed by atoms with E-state index < -0.39 is 0 Å². The van der Waals surface area contributed by atoms with E-state index in [-0.39, 0.29) is 0 Å². The van der Waals surface area contributed by atoms with Crippen molar-refractivity contribution in [1.29, 1.82) is 0 Å². The van der Waals surface area contributed by atoms with Crippen molar-refractivity contribution in [3.63, 3.8) is 0 Å². The average Bonchev–Trinajstić information content (AvgIpc) is 2.85. The largest absolute Gasteiger partial charge is 0.338 e. The van der Waals surface area contributed by atoms with Gasteiger partial charge in [-0.15, -0.1) is 0 Å². The van der Waals surface area contributed by atoms with E-state index in [1.165, 1.54) is 13.0 Å². The van der Waals surface area contributed by atoms with Crippen LogP contribution in [0.25, 0.3) is 0 Å². The molecule has 2 rings (SSSR count). The third-order valence-corrected chi connectivity index (χ3v) is 3.83. The van der Waals surface area contributed by atoms with E-state index in [9.17, 15) is 0 Å². The molecule has 1 fully saturated rings. The van der Waals surface area contributed by atoms with Crippen LogP contribution in [0.15, 0.2) is 4.52 Å². The molecule has 0 aromatic carbocycles. The quantitative estimate of drug-likeness (QED) is 0.827. The molecule has 5 heteroatoms. The summed E-state index contributed by atoms with van der Waals surface area (Å²) in [4.78, 5) is 9.34. The number of aryl methyl sites for hydroxylation is 1. The van der Waals surface area contributed by atoms with Gasteiger partial charge < -0.3 is 9.42 Å². The summed E-state index contributed by atoms with van der Waals surface area (Å²) in [7, 11) is 0. The number of nitrogens with zero attached hydrogens (tertiary/aromatic N) is 4. The van der Waals surface area contributed by atoms with E-state index in [1.807, 2.05) is 6.92 Å². The molecule has 20 heavy (non-hydrogen) atoms. The lowest BCUT2D eigenvalue weighted by atomic mass is 9.92. The fourth-order valence-electron chi connectivity index (χ4n) is 2.35. The molecule has 0 amide bonds. The Balaban J connectivity index is 1.71. The van der Waals surface area contributed by atoms with Crippen LogP contribution < -0.4 is 0 Å². The molecular weight excluding hydrogens is 252 g/mol. The van der Waals surface area contributed by atoms with Crippen LogP contribution in [-0.4, -0.2) is 52.7 Å². The lowest BCUT2D eigenvalue weighted by Crippen LogP contribution is -2.46. The minimum Gasteiger partial charge on any atom is -0.338 e. The number of aromatic nitrogens is 2. The molecule has 2 heterocycles. The molecule has 0 unspecified atom stereocenters. The Hall–Kier alpha value is -0.940. The van der Waals surface area contributed by atoms with Gasteiger partial charge in [0.25, 0.3) is 0 Å². The SMILES string of the molecule is CCc1noc(CN2CCN(CCC(C)(C)C)CC2)n1. The molecule has 0 radical (unpaired) electrons. The molecule has 0 spiro atoms. The van der Waals surface area contributed by atoms with E-state index >= 15 is 0 Å². The molecule has 114 valence electrons. The fourth-order valence-corrected chi connectivity index (χ4v) is 2.35. The standard InChI is InChI=1S/C15H28N4O/c1-5-13-16-14(20-17-13)12-19-10-8-18(9-11-19)7-6-15(2,3)4/h5-12H2,1-4H3. The van der Waals surface area contributed by atoms with Crippen LogP contribution in [0.1, 0.15) is 45.8 Å². The molecule has 0 aliphatic carbocycles. The molecule has 5 nitrogen and oxygen atoms in total. The summed E-state index contributed by atoms with van der Waals surface area (Å²) in [5, 5.41) is 3.95. The highest BCUT2D eigenvalue weighted by Gasteiger charge is 2.20. The Morgan fingerprint density at radius 1 is 1.10 bits per heavy atom. The molecular formula is C15H28N4O. The molecule has 1 aromatic heterocycles. The minimum atomic E-state index is 0.428. The zero-order chi connectivity index (χ0) is 14.6. The zero-order valence-corrected chi connectivity index (χ0v) is 13.4. The summed E-state index contributed by atoms with van der Waals surface area (Å²) in [6, 6.07) is 0.